The molecule has 3 atom stereocenters. The molecular weight excluding hydrogens is 224 g/mol. The van der Waals surface area contributed by atoms with Crippen molar-refractivity contribution in [3.05, 3.63) is 0 Å². The smallest absolute Gasteiger partial charge is 0.0146 e. The molecule has 1 N–H and O–H groups in total. The molecule has 18 heavy (non-hydrogen) atoms. The third kappa shape index (κ3) is 2.87. The third-order valence-electron chi connectivity index (χ3n) is 5.14. The van der Waals surface area contributed by atoms with Gasteiger partial charge in [-0.25, -0.2) is 0 Å². The molecule has 0 aromatic carbocycles. The number of hydrogen-bond donors (Lipinski definition) is 1. The summed E-state index contributed by atoms with van der Waals surface area (Å²) in [6.45, 7) is 11.4. The molecule has 0 aliphatic carbocycles. The molecule has 3 aliphatic heterocycles. The summed E-state index contributed by atoms with van der Waals surface area (Å²) in [5, 5.41) is 3.43. The Morgan fingerprint density at radius 2 is 1.89 bits per heavy atom. The van der Waals surface area contributed by atoms with Gasteiger partial charge in [-0.05, 0) is 38.9 Å². The second-order valence-electron chi connectivity index (χ2n) is 6.28. The highest BCUT2D eigenvalue weighted by atomic mass is 15.2. The van der Waals surface area contributed by atoms with Crippen LogP contribution >= 0.6 is 0 Å². The van der Waals surface area contributed by atoms with Gasteiger partial charge in [0.2, 0.25) is 0 Å². The van der Waals surface area contributed by atoms with Gasteiger partial charge < -0.3 is 15.1 Å². The minimum absolute atomic E-state index is 0.853. The Kier molecular flexibility index (Phi) is 4.19. The van der Waals surface area contributed by atoms with Gasteiger partial charge in [0.05, 0.1) is 0 Å². The molecule has 4 nitrogen and oxygen atoms in total. The van der Waals surface area contributed by atoms with Crippen molar-refractivity contribution >= 4 is 0 Å². The van der Waals surface area contributed by atoms with Gasteiger partial charge in [0.15, 0.2) is 0 Å². The Labute approximate surface area is 111 Å². The zero-order chi connectivity index (χ0) is 12.4. The van der Waals surface area contributed by atoms with Crippen LogP contribution < -0.4 is 5.32 Å². The minimum atomic E-state index is 0.853. The lowest BCUT2D eigenvalue weighted by molar-refractivity contribution is 0.107. The molecule has 0 amide bonds. The van der Waals surface area contributed by atoms with Crippen LogP contribution in [0.25, 0.3) is 0 Å². The van der Waals surface area contributed by atoms with E-state index in [-0.39, 0.29) is 0 Å². The van der Waals surface area contributed by atoms with Crippen LogP contribution in [0, 0.1) is 5.92 Å². The average molecular weight is 252 g/mol. The van der Waals surface area contributed by atoms with Crippen LogP contribution in [0.3, 0.4) is 0 Å². The molecule has 0 aromatic rings. The summed E-state index contributed by atoms with van der Waals surface area (Å²) >= 11 is 0. The van der Waals surface area contributed by atoms with Crippen molar-refractivity contribution in [3.63, 3.8) is 0 Å². The van der Waals surface area contributed by atoms with E-state index in [1.54, 1.807) is 0 Å². The topological polar surface area (TPSA) is 21.8 Å². The number of likely N-dealkylation sites (N-methyl/N-ethyl adjacent to an activating group) is 1. The van der Waals surface area contributed by atoms with Crippen LogP contribution in [-0.4, -0.2) is 86.7 Å². The molecule has 3 unspecified atom stereocenters. The number of piperazine rings is 1. The molecule has 3 saturated heterocycles. The molecule has 2 bridgehead atoms. The minimum Gasteiger partial charge on any atom is -0.314 e. The van der Waals surface area contributed by atoms with E-state index in [1.807, 2.05) is 0 Å². The molecule has 0 spiro atoms. The molecule has 0 radical (unpaired) electrons. The molecule has 3 aliphatic rings. The van der Waals surface area contributed by atoms with Crippen LogP contribution in [0.1, 0.15) is 12.8 Å². The largest absolute Gasteiger partial charge is 0.314 e. The maximum absolute atomic E-state index is 3.43. The first-order chi connectivity index (χ1) is 8.83. The highest BCUT2D eigenvalue weighted by Crippen LogP contribution is 2.29. The molecule has 3 fully saturated rings. The Bertz CT molecular complexity index is 265. The molecule has 3 rings (SSSR count). The van der Waals surface area contributed by atoms with Crippen molar-refractivity contribution in [2.75, 3.05) is 66.0 Å². The summed E-state index contributed by atoms with van der Waals surface area (Å²) in [5.74, 6) is 0.951. The van der Waals surface area contributed by atoms with Gasteiger partial charge >= 0.3 is 0 Å². The number of piperidine rings is 1. The number of hydrogen-bond acceptors (Lipinski definition) is 4. The fourth-order valence-electron chi connectivity index (χ4n) is 3.91. The molecule has 0 saturated carbocycles. The summed E-state index contributed by atoms with van der Waals surface area (Å²) in [4.78, 5) is 7.90. The van der Waals surface area contributed by atoms with Crippen LogP contribution in [0.2, 0.25) is 0 Å². The van der Waals surface area contributed by atoms with E-state index in [0.717, 1.165) is 12.0 Å². The van der Waals surface area contributed by atoms with Gasteiger partial charge in [0.1, 0.15) is 0 Å². The van der Waals surface area contributed by atoms with E-state index in [0.29, 0.717) is 0 Å². The highest BCUT2D eigenvalue weighted by molar-refractivity contribution is 4.91. The van der Waals surface area contributed by atoms with E-state index in [9.17, 15) is 0 Å². The van der Waals surface area contributed by atoms with E-state index in [1.165, 1.54) is 71.7 Å². The fraction of sp³-hybridized carbons (Fsp3) is 1.00. The molecule has 104 valence electrons. The van der Waals surface area contributed by atoms with Crippen LogP contribution in [0.15, 0.2) is 0 Å². The maximum atomic E-state index is 3.43. The Hall–Kier alpha value is -0.160. The number of nitrogens with zero attached hydrogens (tertiary/aromatic N) is 3. The molecule has 4 heteroatoms. The van der Waals surface area contributed by atoms with E-state index < -0.39 is 0 Å². The zero-order valence-electron chi connectivity index (χ0n) is 11.8. The average Bonchev–Trinajstić information content (AvgIpc) is 2.79. The van der Waals surface area contributed by atoms with E-state index in [4.69, 9.17) is 0 Å². The Morgan fingerprint density at radius 1 is 1.11 bits per heavy atom. The normalized spacial score (nSPS) is 37.3. The monoisotopic (exact) mass is 252 g/mol. The number of rotatable bonds is 4. The lowest BCUT2D eigenvalue weighted by atomic mass is 9.93. The van der Waals surface area contributed by atoms with Crippen LogP contribution in [0.4, 0.5) is 0 Å². The van der Waals surface area contributed by atoms with Crippen LogP contribution in [0.5, 0.6) is 0 Å². The van der Waals surface area contributed by atoms with Crippen molar-refractivity contribution < 1.29 is 0 Å². The lowest BCUT2D eigenvalue weighted by Crippen LogP contribution is -2.49. The maximum Gasteiger partial charge on any atom is 0.0146 e. The van der Waals surface area contributed by atoms with Crippen molar-refractivity contribution in [3.8, 4) is 0 Å². The van der Waals surface area contributed by atoms with Gasteiger partial charge in [-0.1, -0.05) is 0 Å². The van der Waals surface area contributed by atoms with E-state index in [2.05, 4.69) is 27.1 Å². The summed E-state index contributed by atoms with van der Waals surface area (Å²) < 4.78 is 0. The van der Waals surface area contributed by atoms with Gasteiger partial charge in [0.25, 0.3) is 0 Å². The standard InChI is InChI=1S/C14H28N4/c1-16(10-11-17-8-4-15-5-9-17)14-3-7-18-6-2-13(14)12-18/h13-15H,2-12H2,1H3. The van der Waals surface area contributed by atoms with Crippen molar-refractivity contribution in [2.24, 2.45) is 5.92 Å². The van der Waals surface area contributed by atoms with Crippen molar-refractivity contribution in [2.45, 2.75) is 18.9 Å². The summed E-state index contributed by atoms with van der Waals surface area (Å²) in [6, 6.07) is 0.853. The summed E-state index contributed by atoms with van der Waals surface area (Å²) in [5.41, 5.74) is 0. The lowest BCUT2D eigenvalue weighted by Gasteiger charge is -2.38. The molecular formula is C14H28N4. The van der Waals surface area contributed by atoms with Crippen molar-refractivity contribution in [1.29, 1.82) is 0 Å². The third-order valence-corrected chi connectivity index (χ3v) is 5.14. The van der Waals surface area contributed by atoms with Gasteiger partial charge in [-0.15, -0.1) is 0 Å². The Morgan fingerprint density at radius 3 is 2.72 bits per heavy atom. The van der Waals surface area contributed by atoms with Crippen LogP contribution in [-0.2, 0) is 0 Å². The quantitative estimate of drug-likeness (QED) is 0.755. The fourth-order valence-corrected chi connectivity index (χ4v) is 3.91. The molecule has 3 heterocycles. The summed E-state index contributed by atoms with van der Waals surface area (Å²) in [6.07, 6.45) is 2.82. The van der Waals surface area contributed by atoms with E-state index >= 15 is 0 Å². The van der Waals surface area contributed by atoms with Crippen molar-refractivity contribution in [1.82, 2.24) is 20.0 Å². The predicted octanol–water partition coefficient (Wildman–Crippen LogP) is -0.0824. The predicted molar refractivity (Wildman–Crippen MR) is 74.9 cm³/mol. The van der Waals surface area contributed by atoms with Gasteiger partial charge in [0, 0.05) is 51.9 Å². The SMILES string of the molecule is CN(CCN1CCNCC1)C1CCN2CCC1C2. The van der Waals surface area contributed by atoms with Gasteiger partial charge in [-0.3, -0.25) is 4.90 Å². The number of nitrogens with one attached hydrogen (secondary N) is 1. The first-order valence-electron chi connectivity index (χ1n) is 7.68. The second-order valence-corrected chi connectivity index (χ2v) is 6.28. The molecule has 0 aromatic heterocycles. The van der Waals surface area contributed by atoms with Gasteiger partial charge in [-0.2, -0.15) is 0 Å². The first kappa shape index (κ1) is 12.9. The first-order valence-corrected chi connectivity index (χ1v) is 7.68. The number of fused-ring (bicyclic) bond motifs is 2. The second kappa shape index (κ2) is 5.87. The zero-order valence-corrected chi connectivity index (χ0v) is 11.8. The Balaban J connectivity index is 1.44. The highest BCUT2D eigenvalue weighted by Gasteiger charge is 2.36. The summed E-state index contributed by atoms with van der Waals surface area (Å²) in [7, 11) is 2.35.